The number of rotatable bonds is 5. The van der Waals surface area contributed by atoms with E-state index >= 15 is 0 Å². The van der Waals surface area contributed by atoms with Gasteiger partial charge >= 0.3 is 0 Å². The molecule has 0 aliphatic heterocycles. The van der Waals surface area contributed by atoms with E-state index in [1.165, 1.54) is 31.9 Å². The van der Waals surface area contributed by atoms with Crippen LogP contribution in [0.25, 0.3) is 0 Å². The quantitative estimate of drug-likeness (QED) is 0.907. The molecule has 1 N–H and O–H groups in total. The minimum Gasteiger partial charge on any atom is -0.457 e. The summed E-state index contributed by atoms with van der Waals surface area (Å²) in [5.41, 5.74) is 0.593. The maximum Gasteiger partial charge on any atom is 0.255 e. The smallest absolute Gasteiger partial charge is 0.255 e. The van der Waals surface area contributed by atoms with Crippen LogP contribution < -0.4 is 5.32 Å². The zero-order chi connectivity index (χ0) is 11.8. The van der Waals surface area contributed by atoms with E-state index in [1.54, 1.807) is 6.07 Å². The molecule has 0 spiro atoms. The van der Waals surface area contributed by atoms with Gasteiger partial charge in [0.25, 0.3) is 5.91 Å². The fourth-order valence-corrected chi connectivity index (χ4v) is 2.95. The summed E-state index contributed by atoms with van der Waals surface area (Å²) in [7, 11) is 0. The summed E-state index contributed by atoms with van der Waals surface area (Å²) in [5, 5.41) is 3.04. The Morgan fingerprint density at radius 1 is 1.41 bits per heavy atom. The van der Waals surface area contributed by atoms with Crippen molar-refractivity contribution in [2.45, 2.75) is 25.7 Å². The lowest BCUT2D eigenvalue weighted by atomic mass is 9.98. The van der Waals surface area contributed by atoms with Crippen LogP contribution in [0.3, 0.4) is 0 Å². The van der Waals surface area contributed by atoms with Gasteiger partial charge in [0.1, 0.15) is 0 Å². The second kappa shape index (κ2) is 4.48. The third-order valence-electron chi connectivity index (χ3n) is 3.82. The topological polar surface area (TPSA) is 42.2 Å². The highest BCUT2D eigenvalue weighted by Gasteiger charge is 2.41. The Morgan fingerprint density at radius 2 is 2.06 bits per heavy atom. The molecule has 2 fully saturated rings. The summed E-state index contributed by atoms with van der Waals surface area (Å²) >= 11 is 3.23. The molecule has 0 unspecified atom stereocenters. The molecule has 4 heteroatoms. The van der Waals surface area contributed by atoms with Crippen LogP contribution in [0.2, 0.25) is 0 Å². The monoisotopic (exact) mass is 297 g/mol. The molecule has 0 atom stereocenters. The molecule has 1 aromatic heterocycles. The predicted octanol–water partition coefficient (Wildman–Crippen LogP) is 3.21. The molecule has 2 saturated carbocycles. The van der Waals surface area contributed by atoms with Crippen molar-refractivity contribution in [2.75, 3.05) is 6.54 Å². The fraction of sp³-hybridized carbons (Fsp3) is 0.615. The van der Waals surface area contributed by atoms with Gasteiger partial charge in [-0.3, -0.25) is 4.79 Å². The number of carbonyl (C=O) groups is 1. The summed E-state index contributed by atoms with van der Waals surface area (Å²) in [6.45, 7) is 0.825. The molecule has 0 radical (unpaired) electrons. The van der Waals surface area contributed by atoms with Crippen molar-refractivity contribution in [3.05, 3.63) is 22.6 Å². The van der Waals surface area contributed by atoms with Gasteiger partial charge in [-0.2, -0.15) is 0 Å². The van der Waals surface area contributed by atoms with E-state index in [2.05, 4.69) is 21.2 Å². The van der Waals surface area contributed by atoms with Crippen molar-refractivity contribution in [3.63, 3.8) is 0 Å². The van der Waals surface area contributed by atoms with Crippen molar-refractivity contribution in [1.82, 2.24) is 5.32 Å². The summed E-state index contributed by atoms with van der Waals surface area (Å²) in [4.78, 5) is 11.9. The van der Waals surface area contributed by atoms with Gasteiger partial charge in [0.15, 0.2) is 4.67 Å². The third-order valence-corrected chi connectivity index (χ3v) is 4.43. The Kier molecular flexibility index (Phi) is 2.99. The number of hydrogen-bond donors (Lipinski definition) is 1. The molecule has 1 heterocycles. The van der Waals surface area contributed by atoms with Gasteiger partial charge in [0.05, 0.1) is 11.8 Å². The number of amides is 1. The third kappa shape index (κ3) is 2.57. The van der Waals surface area contributed by atoms with Crippen LogP contribution >= 0.6 is 15.9 Å². The molecule has 0 aromatic carbocycles. The molecular formula is C13H16BrNO2. The summed E-state index contributed by atoms with van der Waals surface area (Å²) in [5.74, 6) is 2.42. The number of hydrogen-bond acceptors (Lipinski definition) is 2. The molecule has 92 valence electrons. The number of furan rings is 1. The first-order valence-electron chi connectivity index (χ1n) is 6.27. The van der Waals surface area contributed by atoms with E-state index in [1.807, 2.05) is 0 Å². The average molecular weight is 298 g/mol. The van der Waals surface area contributed by atoms with Crippen LogP contribution in [0.1, 0.15) is 36.0 Å². The van der Waals surface area contributed by atoms with Crippen LogP contribution in [0.5, 0.6) is 0 Å². The van der Waals surface area contributed by atoms with Crippen LogP contribution in [0.4, 0.5) is 0 Å². The Balaban J connectivity index is 1.56. The van der Waals surface area contributed by atoms with Crippen molar-refractivity contribution >= 4 is 21.8 Å². The van der Waals surface area contributed by atoms with E-state index in [0.717, 1.165) is 18.4 Å². The first kappa shape index (κ1) is 11.3. The average Bonchev–Trinajstić information content (AvgIpc) is 3.20. The highest BCUT2D eigenvalue weighted by molar-refractivity contribution is 9.10. The largest absolute Gasteiger partial charge is 0.457 e. The zero-order valence-corrected chi connectivity index (χ0v) is 11.2. The highest BCUT2D eigenvalue weighted by atomic mass is 79.9. The van der Waals surface area contributed by atoms with Crippen LogP contribution in [0, 0.1) is 17.8 Å². The zero-order valence-electron chi connectivity index (χ0n) is 9.62. The minimum atomic E-state index is -0.0306. The van der Waals surface area contributed by atoms with Crippen molar-refractivity contribution in [1.29, 1.82) is 0 Å². The standard InChI is InChI=1S/C13H16BrNO2/c14-12-10(5-6-17-12)13(16)15-7-11(8-1-2-8)9-3-4-9/h5-6,8-9,11H,1-4,7H2,(H,15,16). The SMILES string of the molecule is O=C(NCC(C1CC1)C1CC1)c1ccoc1Br. The molecule has 3 nitrogen and oxygen atoms in total. The van der Waals surface area contributed by atoms with E-state index in [4.69, 9.17) is 4.42 Å². The Morgan fingerprint density at radius 3 is 2.53 bits per heavy atom. The molecule has 0 bridgehead atoms. The van der Waals surface area contributed by atoms with E-state index in [9.17, 15) is 4.79 Å². The van der Waals surface area contributed by atoms with E-state index < -0.39 is 0 Å². The number of nitrogens with one attached hydrogen (secondary N) is 1. The van der Waals surface area contributed by atoms with Crippen molar-refractivity contribution in [2.24, 2.45) is 17.8 Å². The molecule has 0 saturated heterocycles. The van der Waals surface area contributed by atoms with Crippen LogP contribution in [0.15, 0.2) is 21.4 Å². The number of carbonyl (C=O) groups excluding carboxylic acids is 1. The first-order valence-corrected chi connectivity index (χ1v) is 7.06. The Bertz CT molecular complexity index is 409. The Labute approximate surface area is 109 Å². The maximum absolute atomic E-state index is 11.9. The fourth-order valence-electron chi connectivity index (χ4n) is 2.53. The normalized spacial score (nSPS) is 19.6. The lowest BCUT2D eigenvalue weighted by molar-refractivity contribution is 0.0941. The van der Waals surface area contributed by atoms with Gasteiger partial charge in [-0.05, 0) is 65.4 Å². The predicted molar refractivity (Wildman–Crippen MR) is 67.7 cm³/mol. The second-order valence-electron chi connectivity index (χ2n) is 5.16. The maximum atomic E-state index is 11.9. The van der Waals surface area contributed by atoms with E-state index in [-0.39, 0.29) is 5.91 Å². The molecule has 1 amide bonds. The number of halogens is 1. The summed E-state index contributed by atoms with van der Waals surface area (Å²) in [6.07, 6.45) is 6.94. The van der Waals surface area contributed by atoms with Gasteiger partial charge in [-0.25, -0.2) is 0 Å². The lowest BCUT2D eigenvalue weighted by Gasteiger charge is -2.15. The van der Waals surface area contributed by atoms with Gasteiger partial charge in [-0.15, -0.1) is 0 Å². The van der Waals surface area contributed by atoms with Gasteiger partial charge < -0.3 is 9.73 Å². The second-order valence-corrected chi connectivity index (χ2v) is 5.88. The summed E-state index contributed by atoms with van der Waals surface area (Å²) in [6, 6.07) is 1.70. The highest BCUT2D eigenvalue weighted by Crippen LogP contribution is 2.48. The van der Waals surface area contributed by atoms with Gasteiger partial charge in [0.2, 0.25) is 0 Å². The lowest BCUT2D eigenvalue weighted by Crippen LogP contribution is -2.31. The molecule has 2 aliphatic rings. The van der Waals surface area contributed by atoms with Gasteiger partial charge in [-0.1, -0.05) is 0 Å². The minimum absolute atomic E-state index is 0.0306. The molecule has 2 aliphatic carbocycles. The molecule has 1 aromatic rings. The van der Waals surface area contributed by atoms with Crippen molar-refractivity contribution in [3.8, 4) is 0 Å². The molecule has 17 heavy (non-hydrogen) atoms. The first-order chi connectivity index (χ1) is 8.25. The van der Waals surface area contributed by atoms with Gasteiger partial charge in [0, 0.05) is 6.54 Å². The van der Waals surface area contributed by atoms with Crippen molar-refractivity contribution < 1.29 is 9.21 Å². The van der Waals surface area contributed by atoms with Crippen LogP contribution in [-0.4, -0.2) is 12.5 Å². The molecule has 3 rings (SSSR count). The Hall–Kier alpha value is -0.770. The molecular weight excluding hydrogens is 282 g/mol. The summed E-state index contributed by atoms with van der Waals surface area (Å²) < 4.78 is 5.59. The van der Waals surface area contributed by atoms with Crippen LogP contribution in [-0.2, 0) is 0 Å². The van der Waals surface area contributed by atoms with E-state index in [0.29, 0.717) is 16.2 Å².